The van der Waals surface area contributed by atoms with Gasteiger partial charge in [0.15, 0.2) is 0 Å². The van der Waals surface area contributed by atoms with E-state index in [1.54, 1.807) is 19.1 Å². The average Bonchev–Trinajstić information content (AvgIpc) is 3.81. The van der Waals surface area contributed by atoms with Crippen molar-refractivity contribution in [1.82, 2.24) is 20.2 Å². The van der Waals surface area contributed by atoms with E-state index >= 15 is 0 Å². The van der Waals surface area contributed by atoms with Crippen molar-refractivity contribution >= 4 is 51.6 Å². The summed E-state index contributed by atoms with van der Waals surface area (Å²) < 4.78 is 24.2. The van der Waals surface area contributed by atoms with Gasteiger partial charge in [0.05, 0.1) is 24.3 Å². The third-order valence-electron chi connectivity index (χ3n) is 7.01. The molecule has 1 saturated heterocycles. The van der Waals surface area contributed by atoms with Crippen molar-refractivity contribution in [3.05, 3.63) is 58.9 Å². The summed E-state index contributed by atoms with van der Waals surface area (Å²) in [6, 6.07) is 7.86. The first-order valence-corrected chi connectivity index (χ1v) is 13.9. The number of aromatic nitrogens is 2. The van der Waals surface area contributed by atoms with Gasteiger partial charge in [-0.3, -0.25) is 14.5 Å². The Hall–Kier alpha value is -3.80. The Labute approximate surface area is 242 Å². The van der Waals surface area contributed by atoms with Crippen LogP contribution in [0.2, 0.25) is 5.02 Å². The number of piperazine rings is 1. The molecule has 10 nitrogen and oxygen atoms in total. The zero-order valence-corrected chi connectivity index (χ0v) is 23.6. The fourth-order valence-electron chi connectivity index (χ4n) is 4.81. The molecule has 41 heavy (non-hydrogen) atoms. The van der Waals surface area contributed by atoms with Crippen molar-refractivity contribution in [1.29, 1.82) is 0 Å². The van der Waals surface area contributed by atoms with Crippen molar-refractivity contribution in [2.24, 2.45) is 0 Å². The first-order chi connectivity index (χ1) is 19.9. The Bertz CT molecular complexity index is 1480. The first kappa shape index (κ1) is 28.7. The van der Waals surface area contributed by atoms with Crippen molar-refractivity contribution in [2.75, 3.05) is 50.5 Å². The van der Waals surface area contributed by atoms with Crippen molar-refractivity contribution in [2.45, 2.75) is 31.7 Å². The Balaban J connectivity index is 1.38. The second-order valence-electron chi connectivity index (χ2n) is 9.90. The number of anilines is 3. The number of fused-ring (bicyclic) bond motifs is 1. The zero-order valence-electron chi connectivity index (χ0n) is 22.9. The second kappa shape index (κ2) is 12.8. The van der Waals surface area contributed by atoms with Gasteiger partial charge in [0.25, 0.3) is 0 Å². The molecule has 2 aliphatic rings. The number of halogens is 2. The Morgan fingerprint density at radius 2 is 2.07 bits per heavy atom. The van der Waals surface area contributed by atoms with Crippen LogP contribution in [0.25, 0.3) is 10.9 Å². The molecule has 2 aromatic carbocycles. The first-order valence-electron chi connectivity index (χ1n) is 13.6. The third-order valence-corrected chi connectivity index (χ3v) is 7.30. The molecule has 216 valence electrons. The number of esters is 1. The molecule has 1 aliphatic heterocycles. The molecule has 1 saturated carbocycles. The van der Waals surface area contributed by atoms with Gasteiger partial charge in [-0.25, -0.2) is 4.39 Å². The molecular formula is C29H32ClFN6O4. The van der Waals surface area contributed by atoms with Crippen LogP contribution in [0.1, 0.15) is 31.2 Å². The van der Waals surface area contributed by atoms with Crippen molar-refractivity contribution < 1.29 is 23.5 Å². The Morgan fingerprint density at radius 3 is 2.80 bits per heavy atom. The van der Waals surface area contributed by atoms with E-state index in [-0.39, 0.29) is 22.9 Å². The molecule has 0 spiro atoms. The van der Waals surface area contributed by atoms with Gasteiger partial charge in [-0.2, -0.15) is 9.97 Å². The smallest absolute Gasteiger partial charge is 0.324 e. The lowest BCUT2D eigenvalue weighted by molar-refractivity contribution is -0.149. The van der Waals surface area contributed by atoms with Crippen LogP contribution in [-0.2, 0) is 14.3 Å². The Kier molecular flexibility index (Phi) is 8.96. The van der Waals surface area contributed by atoms with E-state index in [1.165, 1.54) is 25.3 Å². The van der Waals surface area contributed by atoms with E-state index in [4.69, 9.17) is 21.1 Å². The molecule has 2 heterocycles. The highest BCUT2D eigenvalue weighted by Gasteiger charge is 2.29. The van der Waals surface area contributed by atoms with Gasteiger partial charge in [0.2, 0.25) is 5.91 Å². The Morgan fingerprint density at radius 1 is 1.24 bits per heavy atom. The SMILES string of the molecule is CCOC(=O)C1CNCCN1CC=CC(=O)Nc1cc2c(Nc3ccc(F)c(Cl)c3)nc(OC)nc2cc1C1CC1. The molecule has 5 rings (SSSR count). The lowest BCUT2D eigenvalue weighted by Gasteiger charge is -2.33. The van der Waals surface area contributed by atoms with Crippen molar-refractivity contribution in [3.8, 4) is 6.01 Å². The van der Waals surface area contributed by atoms with Crippen molar-refractivity contribution in [3.63, 3.8) is 0 Å². The number of amides is 1. The van der Waals surface area contributed by atoms with Crippen LogP contribution >= 0.6 is 11.6 Å². The number of hydrogen-bond donors (Lipinski definition) is 3. The van der Waals surface area contributed by atoms with E-state index in [0.717, 1.165) is 24.9 Å². The maximum atomic E-state index is 13.7. The average molecular weight is 583 g/mol. The number of methoxy groups -OCH3 is 1. The highest BCUT2D eigenvalue weighted by molar-refractivity contribution is 6.31. The summed E-state index contributed by atoms with van der Waals surface area (Å²) >= 11 is 5.98. The van der Waals surface area contributed by atoms with Crippen LogP contribution in [0.15, 0.2) is 42.5 Å². The number of nitrogens with zero attached hydrogens (tertiary/aromatic N) is 3. The third kappa shape index (κ3) is 6.92. The van der Waals surface area contributed by atoms with Crippen LogP contribution in [0, 0.1) is 5.82 Å². The number of carbonyl (C=O) groups excluding carboxylic acids is 2. The number of rotatable bonds is 10. The van der Waals surface area contributed by atoms with Gasteiger partial charge >= 0.3 is 12.0 Å². The zero-order chi connectivity index (χ0) is 28.9. The highest BCUT2D eigenvalue weighted by atomic mass is 35.5. The second-order valence-corrected chi connectivity index (χ2v) is 10.3. The summed E-state index contributed by atoms with van der Waals surface area (Å²) in [4.78, 5) is 36.3. The maximum Gasteiger partial charge on any atom is 0.324 e. The topological polar surface area (TPSA) is 118 Å². The molecule has 2 fully saturated rings. The lowest BCUT2D eigenvalue weighted by Crippen LogP contribution is -2.55. The largest absolute Gasteiger partial charge is 0.467 e. The molecular weight excluding hydrogens is 551 g/mol. The van der Waals surface area contributed by atoms with Gasteiger partial charge in [-0.05, 0) is 61.6 Å². The predicted octanol–water partition coefficient (Wildman–Crippen LogP) is 4.38. The fraction of sp³-hybridized carbons (Fsp3) is 0.379. The molecule has 3 aromatic rings. The van der Waals surface area contributed by atoms with Gasteiger partial charge in [-0.15, -0.1) is 0 Å². The van der Waals surface area contributed by atoms with Crippen LogP contribution in [0.3, 0.4) is 0 Å². The van der Waals surface area contributed by atoms with Gasteiger partial charge in [0.1, 0.15) is 17.7 Å². The molecule has 3 N–H and O–H groups in total. The van der Waals surface area contributed by atoms with Gasteiger partial charge in [0, 0.05) is 49.0 Å². The molecule has 0 radical (unpaired) electrons. The van der Waals surface area contributed by atoms with E-state index in [2.05, 4.69) is 25.9 Å². The van der Waals surface area contributed by atoms with E-state index in [9.17, 15) is 14.0 Å². The quantitative estimate of drug-likeness (QED) is 0.236. The predicted molar refractivity (Wildman–Crippen MR) is 155 cm³/mol. The van der Waals surface area contributed by atoms with Crippen LogP contribution in [0.4, 0.5) is 21.6 Å². The minimum atomic E-state index is -0.525. The fourth-order valence-corrected chi connectivity index (χ4v) is 4.99. The van der Waals surface area contributed by atoms with Crippen LogP contribution < -0.4 is 20.7 Å². The molecule has 1 atom stereocenters. The van der Waals surface area contributed by atoms with E-state index < -0.39 is 11.9 Å². The van der Waals surface area contributed by atoms with Crippen LogP contribution in [-0.4, -0.2) is 72.7 Å². The van der Waals surface area contributed by atoms with E-state index in [0.29, 0.717) is 60.3 Å². The standard InChI is InChI=1S/C29H32ClFN6O4/c1-3-41-28(39)25-16-32-10-12-37(25)11-4-5-26(38)34-23-15-20-24(14-19(23)17-6-7-17)35-29(40-2)36-27(20)33-18-8-9-22(31)21(30)13-18/h4-5,8-9,13-15,17,25,32H,3,6-7,10-12,16H2,1-2H3,(H,34,38)(H,33,35,36). The minimum absolute atomic E-state index is 0.0227. The monoisotopic (exact) mass is 582 g/mol. The van der Waals surface area contributed by atoms with E-state index in [1.807, 2.05) is 17.0 Å². The summed E-state index contributed by atoms with van der Waals surface area (Å²) in [5.74, 6) is -0.343. The minimum Gasteiger partial charge on any atom is -0.467 e. The van der Waals surface area contributed by atoms with Gasteiger partial charge < -0.3 is 25.4 Å². The molecule has 1 unspecified atom stereocenters. The van der Waals surface area contributed by atoms with Crippen LogP contribution in [0.5, 0.6) is 6.01 Å². The van der Waals surface area contributed by atoms with Gasteiger partial charge in [-0.1, -0.05) is 17.7 Å². The highest BCUT2D eigenvalue weighted by Crippen LogP contribution is 2.45. The summed E-state index contributed by atoms with van der Waals surface area (Å²) in [5, 5.41) is 10.0. The maximum absolute atomic E-state index is 13.7. The number of ether oxygens (including phenoxy) is 2. The summed E-state index contributed by atoms with van der Waals surface area (Å²) in [7, 11) is 1.48. The normalized spacial score (nSPS) is 17.5. The molecule has 0 bridgehead atoms. The molecule has 1 amide bonds. The number of carbonyl (C=O) groups is 2. The summed E-state index contributed by atoms with van der Waals surface area (Å²) in [6.45, 7) is 4.48. The molecule has 12 heteroatoms. The summed E-state index contributed by atoms with van der Waals surface area (Å²) in [6.07, 6.45) is 5.27. The number of benzene rings is 2. The summed E-state index contributed by atoms with van der Waals surface area (Å²) in [5.41, 5.74) is 2.83. The number of nitrogens with one attached hydrogen (secondary N) is 3. The number of hydrogen-bond acceptors (Lipinski definition) is 9. The lowest BCUT2D eigenvalue weighted by atomic mass is 10.0. The molecule has 1 aromatic heterocycles. The molecule has 1 aliphatic carbocycles.